The average molecular weight is 294 g/mol. The zero-order chi connectivity index (χ0) is 14.5. The number of aryl methyl sites for hydroxylation is 1. The molecule has 2 N–H and O–H groups in total. The lowest BCUT2D eigenvalue weighted by Gasteiger charge is -2.25. The molecule has 0 aliphatic carbocycles. The van der Waals surface area contributed by atoms with E-state index in [0.717, 1.165) is 28.7 Å². The Labute approximate surface area is 117 Å². The Balaban J connectivity index is 2.22. The Hall–Kier alpha value is -1.63. The van der Waals surface area contributed by atoms with Gasteiger partial charge in [0.2, 0.25) is 0 Å². The first-order chi connectivity index (χ1) is 9.41. The molecule has 108 valence electrons. The van der Waals surface area contributed by atoms with Crippen LogP contribution in [0.3, 0.4) is 0 Å². The summed E-state index contributed by atoms with van der Waals surface area (Å²) in [5, 5.41) is 0.841. The van der Waals surface area contributed by atoms with E-state index in [0.29, 0.717) is 12.2 Å². The molecular formula is C13H18N4O2S. The van der Waals surface area contributed by atoms with Gasteiger partial charge in [-0.25, -0.2) is 18.4 Å². The van der Waals surface area contributed by atoms with Crippen LogP contribution in [0, 0.1) is 13.8 Å². The maximum Gasteiger partial charge on any atom is 0.152 e. The van der Waals surface area contributed by atoms with Crippen molar-refractivity contribution >= 4 is 26.7 Å². The van der Waals surface area contributed by atoms with E-state index in [9.17, 15) is 8.42 Å². The predicted molar refractivity (Wildman–Crippen MR) is 78.3 cm³/mol. The summed E-state index contributed by atoms with van der Waals surface area (Å²) in [5.74, 6) is 0.923. The Morgan fingerprint density at radius 2 is 2.10 bits per heavy atom. The minimum Gasteiger partial charge on any atom is -0.383 e. The molecule has 3 heterocycles. The van der Waals surface area contributed by atoms with Crippen molar-refractivity contribution in [2.24, 2.45) is 0 Å². The number of sulfone groups is 1. The van der Waals surface area contributed by atoms with Gasteiger partial charge >= 0.3 is 0 Å². The fourth-order valence-corrected chi connectivity index (χ4v) is 4.78. The van der Waals surface area contributed by atoms with Gasteiger partial charge in [-0.2, -0.15) is 0 Å². The zero-order valence-corrected chi connectivity index (χ0v) is 12.4. The highest BCUT2D eigenvalue weighted by molar-refractivity contribution is 7.91. The summed E-state index contributed by atoms with van der Waals surface area (Å²) in [6.07, 6.45) is 2.99. The summed E-state index contributed by atoms with van der Waals surface area (Å²) in [5.41, 5.74) is 8.74. The molecule has 0 aromatic carbocycles. The van der Waals surface area contributed by atoms with Crippen molar-refractivity contribution in [3.05, 3.63) is 17.6 Å². The van der Waals surface area contributed by atoms with Crippen LogP contribution in [-0.2, 0) is 9.84 Å². The quantitative estimate of drug-likeness (QED) is 0.858. The maximum atomic E-state index is 11.9. The van der Waals surface area contributed by atoms with Crippen LogP contribution in [0.5, 0.6) is 0 Å². The lowest BCUT2D eigenvalue weighted by atomic mass is 10.1. The summed E-state index contributed by atoms with van der Waals surface area (Å²) < 4.78 is 25.8. The molecule has 0 saturated carbocycles. The van der Waals surface area contributed by atoms with E-state index in [1.165, 1.54) is 6.33 Å². The maximum absolute atomic E-state index is 11.9. The topological polar surface area (TPSA) is 90.9 Å². The van der Waals surface area contributed by atoms with Crippen LogP contribution in [0.25, 0.3) is 11.0 Å². The van der Waals surface area contributed by atoms with Gasteiger partial charge in [0.15, 0.2) is 9.84 Å². The van der Waals surface area contributed by atoms with Gasteiger partial charge in [0, 0.05) is 11.7 Å². The molecule has 20 heavy (non-hydrogen) atoms. The molecule has 0 radical (unpaired) electrons. The number of fused-ring (bicyclic) bond motifs is 1. The first kappa shape index (κ1) is 13.4. The largest absolute Gasteiger partial charge is 0.383 e. The molecule has 6 nitrogen and oxygen atoms in total. The fraction of sp³-hybridized carbons (Fsp3) is 0.538. The zero-order valence-electron chi connectivity index (χ0n) is 11.6. The minimum absolute atomic E-state index is 0.0563. The molecule has 1 fully saturated rings. The predicted octanol–water partition coefficient (Wildman–Crippen LogP) is 1.38. The van der Waals surface area contributed by atoms with E-state index in [1.54, 1.807) is 0 Å². The van der Waals surface area contributed by atoms with Gasteiger partial charge in [0.1, 0.15) is 17.8 Å². The highest BCUT2D eigenvalue weighted by Gasteiger charge is 2.29. The first-order valence-electron chi connectivity index (χ1n) is 6.68. The minimum atomic E-state index is -2.96. The average Bonchev–Trinajstić information content (AvgIpc) is 2.62. The van der Waals surface area contributed by atoms with Gasteiger partial charge in [-0.15, -0.1) is 0 Å². The Kier molecular flexibility index (Phi) is 2.97. The fourth-order valence-electron chi connectivity index (χ4n) is 3.10. The number of rotatable bonds is 1. The van der Waals surface area contributed by atoms with Crippen molar-refractivity contribution in [2.45, 2.75) is 32.7 Å². The van der Waals surface area contributed by atoms with E-state index < -0.39 is 9.84 Å². The molecule has 1 unspecified atom stereocenters. The molecule has 1 aliphatic heterocycles. The lowest BCUT2D eigenvalue weighted by Crippen LogP contribution is -2.28. The number of nitrogen functional groups attached to an aromatic ring is 1. The third-order valence-electron chi connectivity index (χ3n) is 4.17. The molecule has 2 aromatic rings. The van der Waals surface area contributed by atoms with E-state index in [1.807, 2.05) is 18.4 Å². The number of nitrogens with two attached hydrogens (primary N) is 1. The van der Waals surface area contributed by atoms with Gasteiger partial charge in [0.05, 0.1) is 16.9 Å². The molecule has 7 heteroatoms. The first-order valence-corrected chi connectivity index (χ1v) is 8.51. The summed E-state index contributed by atoms with van der Waals surface area (Å²) in [7, 11) is -2.96. The SMILES string of the molecule is Cc1c(C)n(C2CCCS(=O)(=O)C2)c2ncnc(N)c12. The molecule has 1 aliphatic rings. The molecule has 3 rings (SSSR count). The molecular weight excluding hydrogens is 276 g/mol. The summed E-state index contributed by atoms with van der Waals surface area (Å²) in [6, 6.07) is -0.0563. The summed E-state index contributed by atoms with van der Waals surface area (Å²) in [4.78, 5) is 8.36. The van der Waals surface area contributed by atoms with Crippen LogP contribution < -0.4 is 5.73 Å². The van der Waals surface area contributed by atoms with Crippen molar-refractivity contribution in [3.63, 3.8) is 0 Å². The second kappa shape index (κ2) is 4.44. The molecule has 0 spiro atoms. The van der Waals surface area contributed by atoms with E-state index in [4.69, 9.17) is 5.73 Å². The molecule has 1 saturated heterocycles. The Bertz CT molecular complexity index is 779. The van der Waals surface area contributed by atoms with Crippen molar-refractivity contribution in [1.82, 2.24) is 14.5 Å². The third-order valence-corrected chi connectivity index (χ3v) is 5.97. The number of aromatic nitrogens is 3. The van der Waals surface area contributed by atoms with E-state index in [2.05, 4.69) is 9.97 Å². The molecule has 2 aromatic heterocycles. The van der Waals surface area contributed by atoms with Crippen LogP contribution in [0.4, 0.5) is 5.82 Å². The second-order valence-electron chi connectivity index (χ2n) is 5.45. The van der Waals surface area contributed by atoms with Crippen LogP contribution >= 0.6 is 0 Å². The van der Waals surface area contributed by atoms with Crippen molar-refractivity contribution in [2.75, 3.05) is 17.2 Å². The molecule has 1 atom stereocenters. The second-order valence-corrected chi connectivity index (χ2v) is 7.68. The third kappa shape index (κ3) is 1.96. The van der Waals surface area contributed by atoms with Crippen LogP contribution in [0.1, 0.15) is 30.1 Å². The normalized spacial score (nSPS) is 22.2. The van der Waals surface area contributed by atoms with Crippen LogP contribution in [-0.4, -0.2) is 34.5 Å². The van der Waals surface area contributed by atoms with Gasteiger partial charge in [-0.3, -0.25) is 0 Å². The van der Waals surface area contributed by atoms with Crippen molar-refractivity contribution < 1.29 is 8.42 Å². The van der Waals surface area contributed by atoms with E-state index in [-0.39, 0.29) is 17.5 Å². The van der Waals surface area contributed by atoms with Gasteiger partial charge in [-0.1, -0.05) is 0 Å². The Morgan fingerprint density at radius 3 is 2.80 bits per heavy atom. The Morgan fingerprint density at radius 1 is 1.35 bits per heavy atom. The number of hydrogen-bond donors (Lipinski definition) is 1. The highest BCUT2D eigenvalue weighted by atomic mass is 32.2. The standard InChI is InChI=1S/C13H18N4O2S/c1-8-9(2)17(10-4-3-5-20(18,19)6-10)13-11(8)12(14)15-7-16-13/h7,10H,3-6H2,1-2H3,(H2,14,15,16). The molecule has 0 bridgehead atoms. The van der Waals surface area contributed by atoms with Gasteiger partial charge in [-0.05, 0) is 32.3 Å². The van der Waals surface area contributed by atoms with Crippen LogP contribution in [0.15, 0.2) is 6.33 Å². The number of anilines is 1. The molecule has 0 amide bonds. The van der Waals surface area contributed by atoms with E-state index >= 15 is 0 Å². The monoisotopic (exact) mass is 294 g/mol. The van der Waals surface area contributed by atoms with Crippen molar-refractivity contribution in [3.8, 4) is 0 Å². The smallest absolute Gasteiger partial charge is 0.152 e. The lowest BCUT2D eigenvalue weighted by molar-refractivity contribution is 0.472. The number of hydrogen-bond acceptors (Lipinski definition) is 5. The summed E-state index contributed by atoms with van der Waals surface area (Å²) in [6.45, 7) is 3.96. The van der Waals surface area contributed by atoms with Crippen molar-refractivity contribution in [1.29, 1.82) is 0 Å². The van der Waals surface area contributed by atoms with Gasteiger partial charge < -0.3 is 10.3 Å². The van der Waals surface area contributed by atoms with Crippen LogP contribution in [0.2, 0.25) is 0 Å². The summed E-state index contributed by atoms with van der Waals surface area (Å²) >= 11 is 0. The highest BCUT2D eigenvalue weighted by Crippen LogP contribution is 2.33. The number of nitrogens with zero attached hydrogens (tertiary/aromatic N) is 3. The van der Waals surface area contributed by atoms with Gasteiger partial charge in [0.25, 0.3) is 0 Å².